The zero-order valence-corrected chi connectivity index (χ0v) is 16.9. The molecular formula is C17H35Cl2N3O2. The van der Waals surface area contributed by atoms with Crippen molar-refractivity contribution in [1.82, 2.24) is 15.5 Å². The Morgan fingerprint density at radius 2 is 1.79 bits per heavy atom. The van der Waals surface area contributed by atoms with E-state index in [0.717, 1.165) is 32.5 Å². The molecule has 1 heterocycles. The average molecular weight is 384 g/mol. The van der Waals surface area contributed by atoms with Gasteiger partial charge in [0.15, 0.2) is 0 Å². The van der Waals surface area contributed by atoms with Crippen molar-refractivity contribution in [3.63, 3.8) is 0 Å². The molecule has 2 N–H and O–H groups in total. The number of halogens is 2. The van der Waals surface area contributed by atoms with Crippen molar-refractivity contribution in [1.29, 1.82) is 0 Å². The van der Waals surface area contributed by atoms with Gasteiger partial charge in [-0.1, -0.05) is 19.3 Å². The van der Waals surface area contributed by atoms with E-state index in [1.807, 2.05) is 0 Å². The highest BCUT2D eigenvalue weighted by Gasteiger charge is 2.40. The molecule has 0 aromatic heterocycles. The number of ether oxygens (including phenoxy) is 1. The van der Waals surface area contributed by atoms with Crippen LogP contribution in [0.5, 0.6) is 0 Å². The first-order valence-corrected chi connectivity index (χ1v) is 8.79. The molecule has 1 unspecified atom stereocenters. The van der Waals surface area contributed by atoms with Crippen molar-refractivity contribution in [3.05, 3.63) is 0 Å². The fourth-order valence-corrected chi connectivity index (χ4v) is 4.00. The molecule has 0 bridgehead atoms. The van der Waals surface area contributed by atoms with Gasteiger partial charge in [0, 0.05) is 19.7 Å². The summed E-state index contributed by atoms with van der Waals surface area (Å²) in [6.07, 6.45) is 8.11. The Morgan fingerprint density at radius 1 is 1.21 bits per heavy atom. The summed E-state index contributed by atoms with van der Waals surface area (Å²) in [5.41, 5.74) is -0.630. The summed E-state index contributed by atoms with van der Waals surface area (Å²) in [6, 6.07) is 0.430. The Morgan fingerprint density at radius 3 is 2.29 bits per heavy atom. The normalized spacial score (nSPS) is 22.2. The highest BCUT2D eigenvalue weighted by atomic mass is 35.5. The maximum atomic E-state index is 12.7. The third kappa shape index (κ3) is 6.03. The molecule has 2 fully saturated rings. The molecule has 2 rings (SSSR count). The van der Waals surface area contributed by atoms with Gasteiger partial charge in [0.2, 0.25) is 0 Å². The van der Waals surface area contributed by atoms with Crippen LogP contribution in [0.4, 0.5) is 0 Å². The highest BCUT2D eigenvalue weighted by molar-refractivity contribution is 5.86. The number of rotatable bonds is 6. The van der Waals surface area contributed by atoms with Crippen LogP contribution in [0, 0.1) is 5.92 Å². The molecular weight excluding hydrogens is 349 g/mol. The average Bonchev–Trinajstić information content (AvgIpc) is 2.56. The zero-order chi connectivity index (χ0) is 16.0. The Kier molecular flexibility index (Phi) is 11.5. The predicted molar refractivity (Wildman–Crippen MR) is 103 cm³/mol. The molecule has 0 aromatic carbocycles. The molecule has 1 amide bonds. The van der Waals surface area contributed by atoms with E-state index < -0.39 is 5.60 Å². The van der Waals surface area contributed by atoms with Crippen molar-refractivity contribution >= 4 is 30.7 Å². The lowest BCUT2D eigenvalue weighted by molar-refractivity contribution is -0.147. The molecule has 24 heavy (non-hydrogen) atoms. The van der Waals surface area contributed by atoms with Crippen LogP contribution in [0.1, 0.15) is 44.9 Å². The number of carbonyl (C=O) groups excluding carboxylic acids is 1. The molecule has 1 aliphatic carbocycles. The lowest BCUT2D eigenvalue weighted by Gasteiger charge is -2.38. The summed E-state index contributed by atoms with van der Waals surface area (Å²) in [6.45, 7) is 2.43. The Balaban J connectivity index is 0.00000264. The van der Waals surface area contributed by atoms with Gasteiger partial charge in [-0.25, -0.2) is 0 Å². The molecule has 2 aliphatic rings. The van der Waals surface area contributed by atoms with Gasteiger partial charge in [-0.3, -0.25) is 4.79 Å². The number of hydrogen-bond donors (Lipinski definition) is 2. The summed E-state index contributed by atoms with van der Waals surface area (Å²) in [4.78, 5) is 15.0. The number of nitrogens with zero attached hydrogens (tertiary/aromatic N) is 1. The number of likely N-dealkylation sites (N-methyl/N-ethyl adjacent to an activating group) is 1. The fourth-order valence-electron chi connectivity index (χ4n) is 4.00. The molecule has 1 saturated carbocycles. The molecule has 0 radical (unpaired) electrons. The van der Waals surface area contributed by atoms with Gasteiger partial charge in [-0.15, -0.1) is 24.8 Å². The Hall–Kier alpha value is -0.0700. The standard InChI is InChI=1S/C17H33N3O2.2ClH/c1-20(2)15(14-7-5-4-6-8-14)13-19-16(21)17(22-3)9-11-18-12-10-17;;/h14-15,18H,4-13H2,1-3H3,(H,19,21);2*1H. The minimum atomic E-state index is -0.630. The second kappa shape index (κ2) is 11.5. The first-order valence-electron chi connectivity index (χ1n) is 8.79. The van der Waals surface area contributed by atoms with E-state index in [1.54, 1.807) is 7.11 Å². The van der Waals surface area contributed by atoms with Gasteiger partial charge in [0.1, 0.15) is 5.60 Å². The number of nitrogens with one attached hydrogen (secondary N) is 2. The minimum Gasteiger partial charge on any atom is -0.368 e. The predicted octanol–water partition coefficient (Wildman–Crippen LogP) is 2.23. The fraction of sp³-hybridized carbons (Fsp3) is 0.941. The van der Waals surface area contributed by atoms with Crippen LogP contribution >= 0.6 is 24.8 Å². The van der Waals surface area contributed by atoms with Crippen LogP contribution < -0.4 is 10.6 Å². The molecule has 144 valence electrons. The van der Waals surface area contributed by atoms with Gasteiger partial charge in [0.25, 0.3) is 5.91 Å². The largest absolute Gasteiger partial charge is 0.368 e. The van der Waals surface area contributed by atoms with Crippen molar-refractivity contribution in [2.75, 3.05) is 40.8 Å². The number of amides is 1. The van der Waals surface area contributed by atoms with Crippen LogP contribution in [0.25, 0.3) is 0 Å². The lowest BCUT2D eigenvalue weighted by Crippen LogP contribution is -2.56. The minimum absolute atomic E-state index is 0. The first kappa shape index (κ1) is 23.9. The van der Waals surface area contributed by atoms with Crippen LogP contribution in [0.15, 0.2) is 0 Å². The highest BCUT2D eigenvalue weighted by Crippen LogP contribution is 2.28. The van der Waals surface area contributed by atoms with E-state index in [0.29, 0.717) is 12.0 Å². The van der Waals surface area contributed by atoms with E-state index in [-0.39, 0.29) is 30.7 Å². The second-order valence-electron chi connectivity index (χ2n) is 7.09. The van der Waals surface area contributed by atoms with E-state index in [1.165, 1.54) is 32.1 Å². The van der Waals surface area contributed by atoms with Gasteiger partial charge >= 0.3 is 0 Å². The molecule has 7 heteroatoms. The van der Waals surface area contributed by atoms with E-state index in [2.05, 4.69) is 29.6 Å². The summed E-state index contributed by atoms with van der Waals surface area (Å²) in [7, 11) is 5.92. The van der Waals surface area contributed by atoms with Crippen molar-refractivity contribution < 1.29 is 9.53 Å². The topological polar surface area (TPSA) is 53.6 Å². The summed E-state index contributed by atoms with van der Waals surface area (Å²) in [5, 5.41) is 6.48. The van der Waals surface area contributed by atoms with Crippen LogP contribution in [-0.4, -0.2) is 63.3 Å². The van der Waals surface area contributed by atoms with Crippen LogP contribution in [0.2, 0.25) is 0 Å². The molecule has 1 atom stereocenters. The van der Waals surface area contributed by atoms with Crippen molar-refractivity contribution in [2.24, 2.45) is 5.92 Å². The summed E-state index contributed by atoms with van der Waals surface area (Å²) in [5.74, 6) is 0.773. The van der Waals surface area contributed by atoms with Crippen LogP contribution in [-0.2, 0) is 9.53 Å². The quantitative estimate of drug-likeness (QED) is 0.738. The Labute approximate surface area is 159 Å². The number of piperidine rings is 1. The van der Waals surface area contributed by atoms with Crippen molar-refractivity contribution in [3.8, 4) is 0 Å². The lowest BCUT2D eigenvalue weighted by atomic mass is 9.83. The molecule has 5 nitrogen and oxygen atoms in total. The molecule has 1 aliphatic heterocycles. The van der Waals surface area contributed by atoms with E-state index in [4.69, 9.17) is 4.74 Å². The number of methoxy groups -OCH3 is 1. The number of carbonyl (C=O) groups is 1. The summed E-state index contributed by atoms with van der Waals surface area (Å²) < 4.78 is 5.61. The molecule has 0 aromatic rings. The molecule has 0 spiro atoms. The van der Waals surface area contributed by atoms with Gasteiger partial charge in [0.05, 0.1) is 0 Å². The maximum absolute atomic E-state index is 12.7. The van der Waals surface area contributed by atoms with E-state index in [9.17, 15) is 4.79 Å². The summed E-state index contributed by atoms with van der Waals surface area (Å²) >= 11 is 0. The van der Waals surface area contributed by atoms with Gasteiger partial charge in [-0.05, 0) is 58.8 Å². The SMILES string of the molecule is COC1(C(=O)NCC(C2CCCCC2)N(C)C)CCNCC1.Cl.Cl. The third-order valence-electron chi connectivity index (χ3n) is 5.54. The maximum Gasteiger partial charge on any atom is 0.252 e. The van der Waals surface area contributed by atoms with Crippen molar-refractivity contribution in [2.45, 2.75) is 56.6 Å². The molecule has 1 saturated heterocycles. The van der Waals surface area contributed by atoms with Crippen LogP contribution in [0.3, 0.4) is 0 Å². The Bertz CT molecular complexity index is 358. The second-order valence-corrected chi connectivity index (χ2v) is 7.09. The first-order chi connectivity index (χ1) is 10.6. The smallest absolute Gasteiger partial charge is 0.252 e. The monoisotopic (exact) mass is 383 g/mol. The van der Waals surface area contributed by atoms with Gasteiger partial charge in [-0.2, -0.15) is 0 Å². The zero-order valence-electron chi connectivity index (χ0n) is 15.3. The van der Waals surface area contributed by atoms with E-state index >= 15 is 0 Å². The number of hydrogen-bond acceptors (Lipinski definition) is 4. The van der Waals surface area contributed by atoms with Gasteiger partial charge < -0.3 is 20.3 Å². The third-order valence-corrected chi connectivity index (χ3v) is 5.54.